The topological polar surface area (TPSA) is 9.23 Å². The third kappa shape index (κ3) is 4.77. The van der Waals surface area contributed by atoms with Crippen molar-refractivity contribution in [2.45, 2.75) is 5.85 Å². The Labute approximate surface area is 109 Å². The average Bonchev–Trinajstić information content (AvgIpc) is 2.13. The molecule has 1 unspecified atom stereocenters. The van der Waals surface area contributed by atoms with Gasteiger partial charge in [0.2, 0.25) is 0 Å². The van der Waals surface area contributed by atoms with E-state index in [0.717, 1.165) is 5.56 Å². The van der Waals surface area contributed by atoms with Gasteiger partial charge in [0.15, 0.2) is 0 Å². The maximum atomic E-state index is 6.06. The fourth-order valence-electron chi connectivity index (χ4n) is 1.39. The fourth-order valence-corrected chi connectivity index (χ4v) is 5.66. The SMILES string of the molecule is CP(C)(=S)OC(c1ccccc1)P(C)(C)=S. The predicted octanol–water partition coefficient (Wildman–Crippen LogP) is 4.10. The Balaban J connectivity index is 3.08. The smallest absolute Gasteiger partial charge is 0.115 e. The molecule has 0 saturated heterocycles. The van der Waals surface area contributed by atoms with Crippen LogP contribution in [0.3, 0.4) is 0 Å². The summed E-state index contributed by atoms with van der Waals surface area (Å²) < 4.78 is 6.06. The third-order valence-electron chi connectivity index (χ3n) is 2.00. The zero-order valence-electron chi connectivity index (χ0n) is 10.1. The molecule has 0 aliphatic rings. The van der Waals surface area contributed by atoms with Crippen molar-refractivity contribution in [3.8, 4) is 0 Å². The normalized spacial score (nSPS) is 14.8. The van der Waals surface area contributed by atoms with Gasteiger partial charge in [-0.1, -0.05) is 53.9 Å². The van der Waals surface area contributed by atoms with Gasteiger partial charge in [0.1, 0.15) is 5.85 Å². The third-order valence-corrected chi connectivity index (χ3v) is 5.25. The fraction of sp³-hybridized carbons (Fsp3) is 0.455. The van der Waals surface area contributed by atoms with E-state index in [1.54, 1.807) is 0 Å². The average molecular weight is 292 g/mol. The van der Waals surface area contributed by atoms with Gasteiger partial charge in [-0.25, -0.2) is 0 Å². The van der Waals surface area contributed by atoms with Gasteiger partial charge in [-0.15, -0.1) is 0 Å². The Hall–Kier alpha value is 0.480. The summed E-state index contributed by atoms with van der Waals surface area (Å²) in [5.74, 6) is 0.00420. The molecule has 16 heavy (non-hydrogen) atoms. The van der Waals surface area contributed by atoms with Crippen LogP contribution in [0, 0.1) is 0 Å². The first-order chi connectivity index (χ1) is 7.20. The van der Waals surface area contributed by atoms with Gasteiger partial charge < -0.3 is 4.52 Å². The molecule has 0 aliphatic heterocycles. The Kier molecular flexibility index (Phi) is 4.92. The lowest BCUT2D eigenvalue weighted by atomic mass is 10.2. The van der Waals surface area contributed by atoms with E-state index in [1.165, 1.54) is 0 Å². The van der Waals surface area contributed by atoms with E-state index in [-0.39, 0.29) is 5.85 Å². The molecule has 1 aromatic carbocycles. The van der Waals surface area contributed by atoms with Crippen LogP contribution in [0.4, 0.5) is 0 Å². The standard InChI is InChI=1S/C11H18OP2S2/c1-13(2,15)11(12-14(3,4)16)10-8-6-5-7-9-10/h5-9,11H,1-4H3. The van der Waals surface area contributed by atoms with Crippen LogP contribution in [0.15, 0.2) is 30.3 Å². The molecule has 0 saturated carbocycles. The summed E-state index contributed by atoms with van der Waals surface area (Å²) in [4.78, 5) is 0. The molecular weight excluding hydrogens is 274 g/mol. The van der Waals surface area contributed by atoms with Gasteiger partial charge in [0.05, 0.1) is 6.26 Å². The Morgan fingerprint density at radius 2 is 1.50 bits per heavy atom. The highest BCUT2D eigenvalue weighted by molar-refractivity contribution is 8.14. The van der Waals surface area contributed by atoms with E-state index in [1.807, 2.05) is 31.5 Å². The molecule has 0 radical (unpaired) electrons. The van der Waals surface area contributed by atoms with Crippen molar-refractivity contribution >= 4 is 35.9 Å². The molecule has 0 spiro atoms. The van der Waals surface area contributed by atoms with Gasteiger partial charge in [-0.05, 0) is 38.3 Å². The summed E-state index contributed by atoms with van der Waals surface area (Å²) in [5.41, 5.74) is 1.16. The molecular formula is C11H18OP2S2. The molecule has 0 bridgehead atoms. The van der Waals surface area contributed by atoms with Gasteiger partial charge in [-0.2, -0.15) is 0 Å². The number of hydrogen-bond acceptors (Lipinski definition) is 3. The van der Waals surface area contributed by atoms with E-state index in [4.69, 9.17) is 28.1 Å². The second-order valence-corrected chi connectivity index (χ2v) is 16.1. The van der Waals surface area contributed by atoms with Gasteiger partial charge in [0, 0.05) is 0 Å². The maximum Gasteiger partial charge on any atom is 0.115 e. The van der Waals surface area contributed by atoms with Crippen molar-refractivity contribution in [1.29, 1.82) is 0 Å². The molecule has 0 aromatic heterocycles. The van der Waals surface area contributed by atoms with Crippen LogP contribution < -0.4 is 0 Å². The second kappa shape index (κ2) is 5.42. The molecule has 0 N–H and O–H groups in total. The maximum absolute atomic E-state index is 6.06. The molecule has 5 heteroatoms. The molecule has 0 aliphatic carbocycles. The van der Waals surface area contributed by atoms with E-state index in [2.05, 4.69) is 25.5 Å². The molecule has 0 heterocycles. The Morgan fingerprint density at radius 3 is 1.88 bits per heavy atom. The number of hydrogen-bond donors (Lipinski definition) is 0. The first kappa shape index (κ1) is 14.5. The van der Waals surface area contributed by atoms with Crippen LogP contribution in [0.2, 0.25) is 0 Å². The second-order valence-electron chi connectivity index (χ2n) is 4.55. The molecule has 1 rings (SSSR count). The van der Waals surface area contributed by atoms with Crippen molar-refractivity contribution in [2.75, 3.05) is 26.7 Å². The van der Waals surface area contributed by atoms with E-state index in [0.29, 0.717) is 0 Å². The van der Waals surface area contributed by atoms with Crippen molar-refractivity contribution in [2.24, 2.45) is 0 Å². The van der Waals surface area contributed by atoms with Crippen molar-refractivity contribution in [1.82, 2.24) is 0 Å². The van der Waals surface area contributed by atoms with Crippen LogP contribution in [0.25, 0.3) is 0 Å². The van der Waals surface area contributed by atoms with Crippen LogP contribution in [-0.4, -0.2) is 26.7 Å². The number of benzene rings is 1. The van der Waals surface area contributed by atoms with E-state index in [9.17, 15) is 0 Å². The molecule has 90 valence electrons. The largest absolute Gasteiger partial charge is 0.338 e. The molecule has 1 nitrogen and oxygen atoms in total. The molecule has 1 atom stereocenters. The van der Waals surface area contributed by atoms with Gasteiger partial charge in [-0.3, -0.25) is 0 Å². The number of rotatable bonds is 4. The highest BCUT2D eigenvalue weighted by Crippen LogP contribution is 2.60. The zero-order valence-corrected chi connectivity index (χ0v) is 13.5. The van der Waals surface area contributed by atoms with E-state index < -0.39 is 12.3 Å². The lowest BCUT2D eigenvalue weighted by Gasteiger charge is -2.28. The van der Waals surface area contributed by atoms with Crippen LogP contribution in [0.5, 0.6) is 0 Å². The van der Waals surface area contributed by atoms with Gasteiger partial charge >= 0.3 is 0 Å². The molecule has 1 aromatic rings. The van der Waals surface area contributed by atoms with Crippen molar-refractivity contribution in [3.05, 3.63) is 35.9 Å². The minimum absolute atomic E-state index is 0.00420. The summed E-state index contributed by atoms with van der Waals surface area (Å²) >= 11 is 11.0. The lowest BCUT2D eigenvalue weighted by molar-refractivity contribution is 0.326. The van der Waals surface area contributed by atoms with Crippen LogP contribution >= 0.6 is 12.3 Å². The highest BCUT2D eigenvalue weighted by atomic mass is 32.4. The Morgan fingerprint density at radius 1 is 1.00 bits per heavy atom. The van der Waals surface area contributed by atoms with Crippen molar-refractivity contribution < 1.29 is 4.52 Å². The first-order valence-electron chi connectivity index (χ1n) is 5.03. The zero-order chi connectivity index (χ0) is 12.4. The van der Waals surface area contributed by atoms with Crippen LogP contribution in [0.1, 0.15) is 11.4 Å². The predicted molar refractivity (Wildman–Crippen MR) is 82.5 cm³/mol. The monoisotopic (exact) mass is 292 g/mol. The van der Waals surface area contributed by atoms with E-state index >= 15 is 0 Å². The summed E-state index contributed by atoms with van der Waals surface area (Å²) in [6.45, 7) is 8.24. The molecule has 0 amide bonds. The minimum atomic E-state index is -1.69. The summed E-state index contributed by atoms with van der Waals surface area (Å²) in [6.07, 6.45) is -1.69. The Bertz CT molecular complexity index is 433. The highest BCUT2D eigenvalue weighted by Gasteiger charge is 2.24. The quantitative estimate of drug-likeness (QED) is 0.773. The van der Waals surface area contributed by atoms with Crippen LogP contribution in [-0.2, 0) is 28.1 Å². The lowest BCUT2D eigenvalue weighted by Crippen LogP contribution is -2.02. The minimum Gasteiger partial charge on any atom is -0.338 e. The summed E-state index contributed by atoms with van der Waals surface area (Å²) in [7, 11) is 0. The summed E-state index contributed by atoms with van der Waals surface area (Å²) in [6, 6.07) is 8.67. The van der Waals surface area contributed by atoms with Gasteiger partial charge in [0.25, 0.3) is 0 Å². The molecule has 0 fully saturated rings. The first-order valence-corrected chi connectivity index (χ1v) is 12.4. The summed E-state index contributed by atoms with van der Waals surface area (Å²) in [5, 5.41) is 0. The van der Waals surface area contributed by atoms with Crippen molar-refractivity contribution in [3.63, 3.8) is 0 Å².